The number of carboxylic acid groups (broad SMARTS) is 1. The molecular weight excluding hydrogens is 276 g/mol. The summed E-state index contributed by atoms with van der Waals surface area (Å²) < 4.78 is 0. The summed E-state index contributed by atoms with van der Waals surface area (Å²) in [4.78, 5) is 38.7. The molecule has 0 radical (unpaired) electrons. The first kappa shape index (κ1) is 15.1. The minimum atomic E-state index is -0.909. The maximum absolute atomic E-state index is 12.3. The molecule has 1 aliphatic rings. The van der Waals surface area contributed by atoms with Crippen molar-refractivity contribution in [1.82, 2.24) is 9.88 Å². The molecule has 1 aliphatic heterocycles. The van der Waals surface area contributed by atoms with Gasteiger partial charge in [-0.2, -0.15) is 0 Å². The first-order valence-corrected chi connectivity index (χ1v) is 6.84. The van der Waals surface area contributed by atoms with Gasteiger partial charge in [0.15, 0.2) is 5.88 Å². The van der Waals surface area contributed by atoms with E-state index in [2.05, 4.69) is 4.98 Å². The minimum Gasteiger partial charge on any atom is -0.494 e. The van der Waals surface area contributed by atoms with Crippen molar-refractivity contribution in [3.05, 3.63) is 28.0 Å². The number of nitrogens with zero attached hydrogens (tertiary/aromatic N) is 1. The van der Waals surface area contributed by atoms with E-state index >= 15 is 0 Å². The van der Waals surface area contributed by atoms with E-state index in [0.29, 0.717) is 19.4 Å². The van der Waals surface area contributed by atoms with E-state index in [1.54, 1.807) is 0 Å². The van der Waals surface area contributed by atoms with Crippen molar-refractivity contribution in [2.24, 2.45) is 5.41 Å². The summed E-state index contributed by atoms with van der Waals surface area (Å²) in [5, 5.41) is 18.8. The van der Waals surface area contributed by atoms with Gasteiger partial charge in [-0.1, -0.05) is 13.3 Å². The maximum atomic E-state index is 12.3. The van der Waals surface area contributed by atoms with Gasteiger partial charge >= 0.3 is 5.97 Å². The van der Waals surface area contributed by atoms with Gasteiger partial charge in [0, 0.05) is 25.2 Å². The lowest BCUT2D eigenvalue weighted by Crippen LogP contribution is -2.37. The van der Waals surface area contributed by atoms with Crippen LogP contribution in [0.5, 0.6) is 5.88 Å². The molecule has 0 bridgehead atoms. The molecule has 1 aromatic rings. The van der Waals surface area contributed by atoms with Crippen LogP contribution in [-0.2, 0) is 4.79 Å². The molecule has 21 heavy (non-hydrogen) atoms. The number of hydrogen-bond donors (Lipinski definition) is 3. The molecule has 1 fully saturated rings. The molecule has 7 nitrogen and oxygen atoms in total. The number of H-pyrrole nitrogens is 1. The lowest BCUT2D eigenvalue weighted by molar-refractivity contribution is -0.148. The van der Waals surface area contributed by atoms with Crippen LogP contribution in [0.1, 0.15) is 36.5 Å². The van der Waals surface area contributed by atoms with Crippen LogP contribution in [0.4, 0.5) is 0 Å². The number of aromatic hydroxyl groups is 1. The molecule has 0 aliphatic carbocycles. The van der Waals surface area contributed by atoms with E-state index < -0.39 is 22.9 Å². The van der Waals surface area contributed by atoms with Crippen molar-refractivity contribution in [2.75, 3.05) is 13.1 Å². The van der Waals surface area contributed by atoms with Crippen molar-refractivity contribution in [3.8, 4) is 5.88 Å². The smallest absolute Gasteiger partial charge is 0.311 e. The van der Waals surface area contributed by atoms with Crippen molar-refractivity contribution >= 4 is 11.9 Å². The number of likely N-dealkylation sites (tertiary alicyclic amines) is 1. The van der Waals surface area contributed by atoms with Crippen LogP contribution in [0.15, 0.2) is 16.9 Å². The number of carboxylic acids is 1. The molecule has 0 spiro atoms. The number of carbonyl (C=O) groups excluding carboxylic acids is 1. The van der Waals surface area contributed by atoms with Crippen LogP contribution in [0.3, 0.4) is 0 Å². The SMILES string of the molecule is CCCC1(C(=O)O)CCN(C(=O)c2cc(O)[nH]c(=O)c2)C1. The Kier molecular flexibility index (Phi) is 4.02. The average molecular weight is 294 g/mol. The number of aromatic nitrogens is 1. The lowest BCUT2D eigenvalue weighted by Gasteiger charge is -2.24. The molecule has 3 N–H and O–H groups in total. The van der Waals surface area contributed by atoms with Gasteiger partial charge in [-0.3, -0.25) is 19.4 Å². The second kappa shape index (κ2) is 5.59. The molecule has 7 heteroatoms. The van der Waals surface area contributed by atoms with Gasteiger partial charge in [-0.15, -0.1) is 0 Å². The molecule has 1 aromatic heterocycles. The van der Waals surface area contributed by atoms with Gasteiger partial charge in [0.25, 0.3) is 11.5 Å². The Morgan fingerprint density at radius 3 is 2.71 bits per heavy atom. The molecule has 1 unspecified atom stereocenters. The fourth-order valence-electron chi connectivity index (χ4n) is 2.84. The summed E-state index contributed by atoms with van der Waals surface area (Å²) in [6.07, 6.45) is 1.63. The zero-order valence-corrected chi connectivity index (χ0v) is 11.8. The Morgan fingerprint density at radius 2 is 2.14 bits per heavy atom. The van der Waals surface area contributed by atoms with Crippen LogP contribution < -0.4 is 5.56 Å². The Labute approximate surface area is 121 Å². The van der Waals surface area contributed by atoms with Gasteiger partial charge in [0.1, 0.15) is 0 Å². The van der Waals surface area contributed by atoms with Crippen molar-refractivity contribution in [3.63, 3.8) is 0 Å². The quantitative estimate of drug-likeness (QED) is 0.760. The second-order valence-corrected chi connectivity index (χ2v) is 5.43. The predicted molar refractivity (Wildman–Crippen MR) is 74.2 cm³/mol. The normalized spacial score (nSPS) is 21.5. The van der Waals surface area contributed by atoms with Crippen LogP contribution in [0.25, 0.3) is 0 Å². The van der Waals surface area contributed by atoms with E-state index in [1.165, 1.54) is 11.0 Å². The highest BCUT2D eigenvalue weighted by molar-refractivity contribution is 5.95. The highest BCUT2D eigenvalue weighted by Crippen LogP contribution is 2.36. The van der Waals surface area contributed by atoms with Crippen LogP contribution >= 0.6 is 0 Å². The molecule has 1 saturated heterocycles. The molecule has 0 aromatic carbocycles. The number of rotatable bonds is 4. The van der Waals surface area contributed by atoms with E-state index in [9.17, 15) is 24.6 Å². The van der Waals surface area contributed by atoms with E-state index in [1.807, 2.05) is 6.92 Å². The van der Waals surface area contributed by atoms with Crippen LogP contribution in [0.2, 0.25) is 0 Å². The third-order valence-corrected chi connectivity index (χ3v) is 3.90. The van der Waals surface area contributed by atoms with Gasteiger partial charge in [-0.05, 0) is 12.8 Å². The minimum absolute atomic E-state index is 0.0638. The Morgan fingerprint density at radius 1 is 1.43 bits per heavy atom. The second-order valence-electron chi connectivity index (χ2n) is 5.43. The highest BCUT2D eigenvalue weighted by atomic mass is 16.4. The Balaban J connectivity index is 2.22. The molecule has 0 saturated carbocycles. The van der Waals surface area contributed by atoms with Crippen molar-refractivity contribution in [2.45, 2.75) is 26.2 Å². The summed E-state index contributed by atoms with van der Waals surface area (Å²) in [5.41, 5.74) is -1.42. The number of pyridine rings is 1. The largest absolute Gasteiger partial charge is 0.494 e. The molecular formula is C14H18N2O5. The number of nitrogens with one attached hydrogen (secondary N) is 1. The number of amides is 1. The number of hydrogen-bond acceptors (Lipinski definition) is 4. The Bertz CT molecular complexity index is 624. The summed E-state index contributed by atoms with van der Waals surface area (Å²) in [6, 6.07) is 2.27. The van der Waals surface area contributed by atoms with Gasteiger partial charge < -0.3 is 15.1 Å². The van der Waals surface area contributed by atoms with Crippen molar-refractivity contribution < 1.29 is 19.8 Å². The molecule has 2 heterocycles. The fraction of sp³-hybridized carbons (Fsp3) is 0.500. The van der Waals surface area contributed by atoms with E-state index in [-0.39, 0.29) is 18.0 Å². The summed E-state index contributed by atoms with van der Waals surface area (Å²) in [6.45, 7) is 2.37. The standard InChI is InChI=1S/C14H18N2O5/c1-2-3-14(13(20)21)4-5-16(8-14)12(19)9-6-10(17)15-11(18)7-9/h6-7H,2-5,8H2,1H3,(H,20,21)(H2,15,17,18). The zero-order chi connectivity index (χ0) is 15.6. The van der Waals surface area contributed by atoms with Crippen molar-refractivity contribution in [1.29, 1.82) is 0 Å². The van der Waals surface area contributed by atoms with E-state index in [4.69, 9.17) is 0 Å². The number of aliphatic carboxylic acids is 1. The van der Waals surface area contributed by atoms with Crippen LogP contribution in [-0.4, -0.2) is 45.1 Å². The topological polar surface area (TPSA) is 111 Å². The van der Waals surface area contributed by atoms with E-state index in [0.717, 1.165) is 12.5 Å². The predicted octanol–water partition coefficient (Wildman–Crippen LogP) is 0.797. The van der Waals surface area contributed by atoms with Gasteiger partial charge in [-0.25, -0.2) is 0 Å². The first-order valence-electron chi connectivity index (χ1n) is 6.84. The molecule has 1 amide bonds. The number of aromatic amines is 1. The Hall–Kier alpha value is -2.31. The first-order chi connectivity index (χ1) is 9.88. The van der Waals surface area contributed by atoms with Gasteiger partial charge in [0.05, 0.1) is 11.0 Å². The third kappa shape index (κ3) is 2.91. The van der Waals surface area contributed by atoms with Crippen LogP contribution in [0, 0.1) is 5.41 Å². The average Bonchev–Trinajstić information content (AvgIpc) is 2.83. The lowest BCUT2D eigenvalue weighted by atomic mass is 9.83. The highest BCUT2D eigenvalue weighted by Gasteiger charge is 2.45. The molecule has 2 rings (SSSR count). The molecule has 114 valence electrons. The van der Waals surface area contributed by atoms with Gasteiger partial charge in [0.2, 0.25) is 0 Å². The monoisotopic (exact) mass is 294 g/mol. The summed E-state index contributed by atoms with van der Waals surface area (Å²) in [7, 11) is 0. The number of carbonyl (C=O) groups is 2. The summed E-state index contributed by atoms with van der Waals surface area (Å²) in [5.74, 6) is -1.72. The molecule has 1 atom stereocenters. The fourth-order valence-corrected chi connectivity index (χ4v) is 2.84. The third-order valence-electron chi connectivity index (χ3n) is 3.90. The maximum Gasteiger partial charge on any atom is 0.311 e. The zero-order valence-electron chi connectivity index (χ0n) is 11.8. The summed E-state index contributed by atoms with van der Waals surface area (Å²) >= 11 is 0.